The van der Waals surface area contributed by atoms with E-state index in [9.17, 15) is 13.2 Å². The molecule has 0 atom stereocenters. The van der Waals surface area contributed by atoms with E-state index in [0.717, 1.165) is 21.7 Å². The average Bonchev–Trinajstić information content (AvgIpc) is 2.38. The van der Waals surface area contributed by atoms with Crippen molar-refractivity contribution in [1.29, 1.82) is 0 Å². The van der Waals surface area contributed by atoms with Crippen LogP contribution in [0, 0.1) is 6.92 Å². The van der Waals surface area contributed by atoms with E-state index < -0.39 is 10.0 Å². The zero-order valence-corrected chi connectivity index (χ0v) is 12.9. The fourth-order valence-electron chi connectivity index (χ4n) is 1.91. The molecule has 0 aliphatic heterocycles. The summed E-state index contributed by atoms with van der Waals surface area (Å²) in [5.74, 6) is 0. The topological polar surface area (TPSA) is 63.6 Å². The standard InChI is InChI=1S/C14H10BrNO3S/c1-10-4-2-3-5-12(10)13-8-11(15)6-7-14(13)20(18,19)16-9-17/h2-8H,1H3. The van der Waals surface area contributed by atoms with Crippen molar-refractivity contribution in [2.24, 2.45) is 4.40 Å². The van der Waals surface area contributed by atoms with Gasteiger partial charge in [0.1, 0.15) is 0 Å². The smallest absolute Gasteiger partial charge is 0.210 e. The molecule has 2 rings (SSSR count). The summed E-state index contributed by atoms with van der Waals surface area (Å²) in [6.07, 6.45) is 1.09. The number of hydrogen-bond donors (Lipinski definition) is 0. The molecule has 0 heterocycles. The van der Waals surface area contributed by atoms with Crippen LogP contribution in [0.4, 0.5) is 0 Å². The number of nitrogens with zero attached hydrogens (tertiary/aromatic N) is 1. The minimum atomic E-state index is -4.04. The summed E-state index contributed by atoms with van der Waals surface area (Å²) in [7, 11) is -4.04. The molecule has 20 heavy (non-hydrogen) atoms. The molecule has 6 heteroatoms. The van der Waals surface area contributed by atoms with Gasteiger partial charge >= 0.3 is 0 Å². The summed E-state index contributed by atoms with van der Waals surface area (Å²) >= 11 is 3.32. The summed E-state index contributed by atoms with van der Waals surface area (Å²) in [5, 5.41) is 0. The van der Waals surface area contributed by atoms with Gasteiger partial charge in [-0.15, -0.1) is 0 Å². The van der Waals surface area contributed by atoms with Crippen molar-refractivity contribution in [2.75, 3.05) is 0 Å². The first-order valence-electron chi connectivity index (χ1n) is 5.65. The molecule has 2 aromatic carbocycles. The molecule has 0 aromatic heterocycles. The van der Waals surface area contributed by atoms with Crippen molar-refractivity contribution >= 4 is 32.0 Å². The maximum Gasteiger partial charge on any atom is 0.293 e. The summed E-state index contributed by atoms with van der Waals surface area (Å²) in [6, 6.07) is 12.1. The lowest BCUT2D eigenvalue weighted by atomic mass is 10.0. The van der Waals surface area contributed by atoms with Gasteiger partial charge in [0.15, 0.2) is 0 Å². The second-order valence-electron chi connectivity index (χ2n) is 4.11. The number of halogens is 1. The second kappa shape index (κ2) is 5.71. The quantitative estimate of drug-likeness (QED) is 0.628. The van der Waals surface area contributed by atoms with Gasteiger partial charge < -0.3 is 0 Å². The highest BCUT2D eigenvalue weighted by Crippen LogP contribution is 2.33. The molecule has 0 saturated carbocycles. The molecular formula is C14H10BrNO3S. The molecule has 0 N–H and O–H groups in total. The van der Waals surface area contributed by atoms with Gasteiger partial charge in [0.2, 0.25) is 0 Å². The third-order valence-corrected chi connectivity index (χ3v) is 4.53. The van der Waals surface area contributed by atoms with Crippen molar-refractivity contribution in [3.8, 4) is 11.1 Å². The van der Waals surface area contributed by atoms with E-state index in [4.69, 9.17) is 0 Å². The van der Waals surface area contributed by atoms with Crippen molar-refractivity contribution < 1.29 is 13.2 Å². The van der Waals surface area contributed by atoms with Crippen LogP contribution in [0.1, 0.15) is 5.56 Å². The minimum absolute atomic E-state index is 0.0154. The molecule has 0 aliphatic rings. The lowest BCUT2D eigenvalue weighted by molar-refractivity contribution is 0.563. The average molecular weight is 352 g/mol. The molecule has 2 aromatic rings. The minimum Gasteiger partial charge on any atom is -0.210 e. The predicted octanol–water partition coefficient (Wildman–Crippen LogP) is 3.45. The summed E-state index contributed by atoms with van der Waals surface area (Å²) < 4.78 is 27.7. The van der Waals surface area contributed by atoms with Crippen LogP contribution < -0.4 is 0 Å². The zero-order chi connectivity index (χ0) is 14.8. The van der Waals surface area contributed by atoms with Crippen LogP contribution in [-0.2, 0) is 14.8 Å². The van der Waals surface area contributed by atoms with Gasteiger partial charge in [-0.2, -0.15) is 8.42 Å². The summed E-state index contributed by atoms with van der Waals surface area (Å²) in [5.41, 5.74) is 2.20. The number of benzene rings is 2. The van der Waals surface area contributed by atoms with Crippen LogP contribution in [0.2, 0.25) is 0 Å². The first kappa shape index (κ1) is 14.7. The number of rotatable bonds is 3. The lowest BCUT2D eigenvalue weighted by Crippen LogP contribution is -2.00. The molecule has 0 spiro atoms. The van der Waals surface area contributed by atoms with Gasteiger partial charge in [-0.1, -0.05) is 44.6 Å². The monoisotopic (exact) mass is 351 g/mol. The van der Waals surface area contributed by atoms with Crippen LogP contribution in [-0.4, -0.2) is 14.5 Å². The fourth-order valence-corrected chi connectivity index (χ4v) is 3.16. The highest BCUT2D eigenvalue weighted by Gasteiger charge is 2.19. The second-order valence-corrected chi connectivity index (χ2v) is 6.60. The molecule has 4 nitrogen and oxygen atoms in total. The number of hydrogen-bond acceptors (Lipinski definition) is 3. The Hall–Kier alpha value is -1.75. The van der Waals surface area contributed by atoms with Crippen LogP contribution >= 0.6 is 15.9 Å². The van der Waals surface area contributed by atoms with E-state index in [1.807, 2.05) is 31.2 Å². The van der Waals surface area contributed by atoms with Gasteiger partial charge in [0.25, 0.3) is 16.1 Å². The first-order chi connectivity index (χ1) is 9.45. The number of isocyanates is 1. The van der Waals surface area contributed by atoms with Gasteiger partial charge in [-0.05, 0) is 36.2 Å². The number of sulfonamides is 1. The highest BCUT2D eigenvalue weighted by atomic mass is 79.9. The zero-order valence-electron chi connectivity index (χ0n) is 10.5. The molecule has 0 saturated heterocycles. The van der Waals surface area contributed by atoms with E-state index >= 15 is 0 Å². The molecule has 0 aliphatic carbocycles. The van der Waals surface area contributed by atoms with Crippen molar-refractivity contribution in [3.63, 3.8) is 0 Å². The summed E-state index contributed by atoms with van der Waals surface area (Å²) in [4.78, 5) is 10.3. The SMILES string of the molecule is Cc1ccccc1-c1cc(Br)ccc1S(=O)(=O)N=C=O. The van der Waals surface area contributed by atoms with Crippen molar-refractivity contribution in [2.45, 2.75) is 11.8 Å². The largest absolute Gasteiger partial charge is 0.293 e. The number of aryl methyl sites for hydroxylation is 1. The normalized spacial score (nSPS) is 10.9. The van der Waals surface area contributed by atoms with Gasteiger partial charge in [-0.25, -0.2) is 4.79 Å². The predicted molar refractivity (Wildman–Crippen MR) is 79.6 cm³/mol. The molecule has 102 valence electrons. The molecular weight excluding hydrogens is 342 g/mol. The highest BCUT2D eigenvalue weighted by molar-refractivity contribution is 9.10. The fraction of sp³-hybridized carbons (Fsp3) is 0.0714. The molecule has 0 unspecified atom stereocenters. The Balaban J connectivity index is 2.80. The van der Waals surface area contributed by atoms with E-state index in [1.165, 1.54) is 6.07 Å². The van der Waals surface area contributed by atoms with Crippen LogP contribution in [0.15, 0.2) is 56.2 Å². The van der Waals surface area contributed by atoms with Crippen LogP contribution in [0.3, 0.4) is 0 Å². The maximum absolute atomic E-state index is 12.0. The van der Waals surface area contributed by atoms with Gasteiger partial charge in [-0.3, -0.25) is 0 Å². The maximum atomic E-state index is 12.0. The molecule has 0 bridgehead atoms. The lowest BCUT2D eigenvalue weighted by Gasteiger charge is -2.10. The molecule has 0 amide bonds. The third-order valence-electron chi connectivity index (χ3n) is 2.81. The first-order valence-corrected chi connectivity index (χ1v) is 7.89. The van der Waals surface area contributed by atoms with E-state index in [2.05, 4.69) is 20.3 Å². The third kappa shape index (κ3) is 2.88. The van der Waals surface area contributed by atoms with Crippen LogP contribution in [0.5, 0.6) is 0 Å². The molecule has 0 radical (unpaired) electrons. The van der Waals surface area contributed by atoms with E-state index in [1.54, 1.807) is 12.1 Å². The van der Waals surface area contributed by atoms with Crippen molar-refractivity contribution in [1.82, 2.24) is 0 Å². The Morgan fingerprint density at radius 1 is 1.10 bits per heavy atom. The Morgan fingerprint density at radius 2 is 1.80 bits per heavy atom. The van der Waals surface area contributed by atoms with Crippen LogP contribution in [0.25, 0.3) is 11.1 Å². The van der Waals surface area contributed by atoms with Crippen molar-refractivity contribution in [3.05, 3.63) is 52.5 Å². The Kier molecular flexibility index (Phi) is 4.18. The number of carbonyl (C=O) groups excluding carboxylic acids is 1. The van der Waals surface area contributed by atoms with Gasteiger partial charge in [0, 0.05) is 10.0 Å². The van der Waals surface area contributed by atoms with Gasteiger partial charge in [0.05, 0.1) is 4.90 Å². The Morgan fingerprint density at radius 3 is 2.45 bits per heavy atom. The van der Waals surface area contributed by atoms with E-state index in [-0.39, 0.29) is 4.90 Å². The Bertz CT molecular complexity index is 809. The molecule has 0 fully saturated rings. The Labute approximate surface area is 125 Å². The van der Waals surface area contributed by atoms with E-state index in [0.29, 0.717) is 5.56 Å². The summed E-state index contributed by atoms with van der Waals surface area (Å²) in [6.45, 7) is 1.88.